The van der Waals surface area contributed by atoms with Crippen LogP contribution < -0.4 is 11.1 Å². The van der Waals surface area contributed by atoms with Gasteiger partial charge in [0.1, 0.15) is 0 Å². The first kappa shape index (κ1) is 15.4. The summed E-state index contributed by atoms with van der Waals surface area (Å²) in [6.07, 6.45) is 0. The van der Waals surface area contributed by atoms with Crippen LogP contribution in [-0.4, -0.2) is 17.7 Å². The minimum absolute atomic E-state index is 0.0491. The fraction of sp³-hybridized carbons (Fsp3) is 0.462. The second-order valence-corrected chi connectivity index (χ2v) is 6.88. The summed E-state index contributed by atoms with van der Waals surface area (Å²) in [4.78, 5) is 12.8. The average Bonchev–Trinajstić information content (AvgIpc) is 2.30. The molecule has 0 aliphatic heterocycles. The Hall–Kier alpha value is -0.680. The van der Waals surface area contributed by atoms with Crippen molar-refractivity contribution < 1.29 is 4.79 Å². The van der Waals surface area contributed by atoms with Crippen LogP contribution in [-0.2, 0) is 4.79 Å². The van der Waals surface area contributed by atoms with Gasteiger partial charge in [0.25, 0.3) is 0 Å². The zero-order valence-corrected chi connectivity index (χ0v) is 13.3. The minimum Gasteiger partial charge on any atom is -0.398 e. The number of nitrogens with two attached hydrogens (primary N) is 1. The van der Waals surface area contributed by atoms with Crippen LogP contribution in [0.1, 0.15) is 20.8 Å². The molecule has 5 heteroatoms. The molecule has 1 aromatic rings. The Balaban J connectivity index is 2.60. The van der Waals surface area contributed by atoms with Crippen LogP contribution in [0.5, 0.6) is 0 Å². The number of anilines is 1. The third kappa shape index (κ3) is 4.90. The number of benzene rings is 1. The van der Waals surface area contributed by atoms with Gasteiger partial charge in [-0.2, -0.15) is 0 Å². The number of amides is 1. The van der Waals surface area contributed by atoms with E-state index in [1.807, 2.05) is 25.1 Å². The standard InChI is InChI=1S/C13H19BrN2OS/c1-8(2)7-16-13(17)9(3)18-12-6-10(14)4-5-11(12)15/h4-6,8-9H,7,15H2,1-3H3,(H,16,17). The summed E-state index contributed by atoms with van der Waals surface area (Å²) in [5.41, 5.74) is 6.59. The SMILES string of the molecule is CC(C)CNC(=O)C(C)Sc1cc(Br)ccc1N. The molecule has 1 aromatic carbocycles. The van der Waals surface area contributed by atoms with E-state index in [0.29, 0.717) is 18.2 Å². The number of thioether (sulfide) groups is 1. The molecule has 1 amide bonds. The van der Waals surface area contributed by atoms with Crippen molar-refractivity contribution in [3.8, 4) is 0 Å². The monoisotopic (exact) mass is 330 g/mol. The Bertz CT molecular complexity index is 423. The second kappa shape index (κ2) is 7.04. The van der Waals surface area contributed by atoms with Crippen molar-refractivity contribution in [2.45, 2.75) is 30.9 Å². The van der Waals surface area contributed by atoms with Gasteiger partial charge >= 0.3 is 0 Å². The van der Waals surface area contributed by atoms with Gasteiger partial charge in [-0.3, -0.25) is 4.79 Å². The highest BCUT2D eigenvalue weighted by molar-refractivity contribution is 9.10. The van der Waals surface area contributed by atoms with Gasteiger partial charge in [0.15, 0.2) is 0 Å². The number of nitrogens with one attached hydrogen (secondary N) is 1. The largest absolute Gasteiger partial charge is 0.398 e. The summed E-state index contributed by atoms with van der Waals surface area (Å²) in [6, 6.07) is 5.67. The number of halogens is 1. The fourth-order valence-electron chi connectivity index (χ4n) is 1.30. The molecule has 0 bridgehead atoms. The Labute approximate surface area is 121 Å². The molecule has 1 atom stereocenters. The van der Waals surface area contributed by atoms with E-state index in [9.17, 15) is 4.79 Å². The van der Waals surface area contributed by atoms with Crippen LogP contribution in [0.3, 0.4) is 0 Å². The van der Waals surface area contributed by atoms with E-state index in [4.69, 9.17) is 5.73 Å². The molecule has 0 aromatic heterocycles. The Morgan fingerprint density at radius 1 is 1.44 bits per heavy atom. The summed E-state index contributed by atoms with van der Waals surface area (Å²) in [7, 11) is 0. The van der Waals surface area contributed by atoms with E-state index in [-0.39, 0.29) is 11.2 Å². The lowest BCUT2D eigenvalue weighted by atomic mass is 10.2. The first-order chi connectivity index (χ1) is 8.40. The average molecular weight is 331 g/mol. The van der Waals surface area contributed by atoms with E-state index in [1.54, 1.807) is 0 Å². The first-order valence-corrected chi connectivity index (χ1v) is 7.56. The molecule has 18 heavy (non-hydrogen) atoms. The molecule has 3 nitrogen and oxygen atoms in total. The van der Waals surface area contributed by atoms with Gasteiger partial charge in [0.2, 0.25) is 5.91 Å². The van der Waals surface area contributed by atoms with Crippen LogP contribution in [0.15, 0.2) is 27.6 Å². The molecule has 0 saturated carbocycles. The van der Waals surface area contributed by atoms with Crippen LogP contribution in [0.2, 0.25) is 0 Å². The van der Waals surface area contributed by atoms with Crippen LogP contribution in [0.4, 0.5) is 5.69 Å². The second-order valence-electron chi connectivity index (χ2n) is 4.58. The molecular weight excluding hydrogens is 312 g/mol. The summed E-state index contributed by atoms with van der Waals surface area (Å²) in [6.45, 7) is 6.74. The van der Waals surface area contributed by atoms with Gasteiger partial charge in [-0.25, -0.2) is 0 Å². The third-order valence-corrected chi connectivity index (χ3v) is 4.00. The van der Waals surface area contributed by atoms with Gasteiger partial charge in [0.05, 0.1) is 5.25 Å². The smallest absolute Gasteiger partial charge is 0.233 e. The molecule has 0 radical (unpaired) electrons. The van der Waals surface area contributed by atoms with Crippen molar-refractivity contribution >= 4 is 39.3 Å². The predicted octanol–water partition coefficient (Wildman–Crippen LogP) is 3.28. The molecule has 0 fully saturated rings. The molecular formula is C13H19BrN2OS. The highest BCUT2D eigenvalue weighted by atomic mass is 79.9. The van der Waals surface area contributed by atoms with Crippen molar-refractivity contribution in [2.75, 3.05) is 12.3 Å². The number of hydrogen-bond donors (Lipinski definition) is 2. The number of hydrogen-bond acceptors (Lipinski definition) is 3. The fourth-order valence-corrected chi connectivity index (χ4v) is 2.79. The Morgan fingerprint density at radius 3 is 2.72 bits per heavy atom. The predicted molar refractivity (Wildman–Crippen MR) is 81.7 cm³/mol. The van der Waals surface area contributed by atoms with Crippen molar-refractivity contribution in [1.29, 1.82) is 0 Å². The maximum atomic E-state index is 11.9. The number of carbonyl (C=O) groups excluding carboxylic acids is 1. The summed E-state index contributed by atoms with van der Waals surface area (Å²) < 4.78 is 0.967. The summed E-state index contributed by atoms with van der Waals surface area (Å²) >= 11 is 4.88. The topological polar surface area (TPSA) is 55.1 Å². The van der Waals surface area contributed by atoms with Crippen LogP contribution >= 0.6 is 27.7 Å². The maximum Gasteiger partial charge on any atom is 0.233 e. The van der Waals surface area contributed by atoms with E-state index in [0.717, 1.165) is 9.37 Å². The van der Waals surface area contributed by atoms with Crippen LogP contribution in [0.25, 0.3) is 0 Å². The number of nitrogen functional groups attached to an aromatic ring is 1. The lowest BCUT2D eigenvalue weighted by Crippen LogP contribution is -2.33. The highest BCUT2D eigenvalue weighted by Gasteiger charge is 2.15. The van der Waals surface area contributed by atoms with Crippen LogP contribution in [0, 0.1) is 5.92 Å². The van der Waals surface area contributed by atoms with Crippen molar-refractivity contribution in [3.63, 3.8) is 0 Å². The molecule has 1 unspecified atom stereocenters. The minimum atomic E-state index is -0.152. The van der Waals surface area contributed by atoms with E-state index >= 15 is 0 Å². The number of carbonyl (C=O) groups is 1. The van der Waals surface area contributed by atoms with E-state index < -0.39 is 0 Å². The van der Waals surface area contributed by atoms with Gasteiger partial charge in [-0.15, -0.1) is 11.8 Å². The molecule has 0 heterocycles. The molecule has 0 saturated heterocycles. The Kier molecular flexibility index (Phi) is 6.02. The molecule has 100 valence electrons. The number of rotatable bonds is 5. The van der Waals surface area contributed by atoms with Gasteiger partial charge in [-0.05, 0) is 31.0 Å². The molecule has 3 N–H and O–H groups in total. The molecule has 1 rings (SSSR count). The third-order valence-electron chi connectivity index (χ3n) is 2.33. The molecule has 0 spiro atoms. The Morgan fingerprint density at radius 2 is 2.11 bits per heavy atom. The van der Waals surface area contributed by atoms with Crippen molar-refractivity contribution in [2.24, 2.45) is 5.92 Å². The quantitative estimate of drug-likeness (QED) is 0.643. The van der Waals surface area contributed by atoms with Gasteiger partial charge < -0.3 is 11.1 Å². The highest BCUT2D eigenvalue weighted by Crippen LogP contribution is 2.31. The first-order valence-electron chi connectivity index (χ1n) is 5.89. The zero-order chi connectivity index (χ0) is 13.7. The van der Waals surface area contributed by atoms with Crippen molar-refractivity contribution in [1.82, 2.24) is 5.32 Å². The van der Waals surface area contributed by atoms with Gasteiger partial charge in [0, 0.05) is 21.6 Å². The molecule has 0 aliphatic carbocycles. The van der Waals surface area contributed by atoms with E-state index in [1.165, 1.54) is 11.8 Å². The van der Waals surface area contributed by atoms with Crippen molar-refractivity contribution in [3.05, 3.63) is 22.7 Å². The normalized spacial score (nSPS) is 12.5. The zero-order valence-electron chi connectivity index (χ0n) is 10.9. The molecule has 0 aliphatic rings. The van der Waals surface area contributed by atoms with Gasteiger partial charge in [-0.1, -0.05) is 29.8 Å². The lowest BCUT2D eigenvalue weighted by Gasteiger charge is -2.14. The summed E-state index contributed by atoms with van der Waals surface area (Å²) in [5, 5.41) is 2.77. The van der Waals surface area contributed by atoms with E-state index in [2.05, 4.69) is 35.1 Å². The summed E-state index contributed by atoms with van der Waals surface area (Å²) in [5.74, 6) is 0.509. The lowest BCUT2D eigenvalue weighted by molar-refractivity contribution is -0.120. The maximum absolute atomic E-state index is 11.9.